The van der Waals surface area contributed by atoms with E-state index in [4.69, 9.17) is 24.9 Å². The number of nitrogen functional groups attached to an aromatic ring is 1. The number of anilines is 1. The van der Waals surface area contributed by atoms with Crippen molar-refractivity contribution in [3.8, 4) is 40.0 Å². The minimum Gasteiger partial charge on any atom is -0.508 e. The number of likely N-dealkylation sites (tertiary alicyclic amines) is 1. The number of hydrazine groups is 1. The largest absolute Gasteiger partial charge is 0.508 e. The SMILES string of the molecule is CCn1c(-c2cc(C#CCN3CCC(O)CC3)cnc2[C@H](C)OC)c2c3cc(ccc31)-c1cc(O)cc(c1)C[C@H](NC(=O)[C@H](C(C)C)N(C)C(=O)[C@@H]1OCC[C@@H]1c1ccc(N)cc1)C(=O)N1CCC[C@H](N1)C(=O)OCC(C)(C)C2. The number of nitrogens with zero attached hydrogens (tertiary/aromatic N) is 5. The maximum atomic E-state index is 15.0. The van der Waals surface area contributed by atoms with E-state index in [2.05, 4.69) is 71.0 Å². The molecule has 2 aromatic heterocycles. The lowest BCUT2D eigenvalue weighted by Crippen LogP contribution is -2.62. The molecule has 5 aromatic rings. The van der Waals surface area contributed by atoms with E-state index in [1.54, 1.807) is 44.6 Å². The molecule has 17 heteroatoms. The number of aromatic nitrogens is 2. The molecular weight excluding hydrogens is 1000 g/mol. The summed E-state index contributed by atoms with van der Waals surface area (Å²) in [5, 5.41) is 27.0. The lowest BCUT2D eigenvalue weighted by atomic mass is 9.84. The molecule has 3 amide bonds. The van der Waals surface area contributed by atoms with E-state index >= 15 is 0 Å². The lowest BCUT2D eigenvalue weighted by molar-refractivity contribution is -0.155. The number of likely N-dealkylation sites (N-methyl/N-ethyl adjacent to an activating group) is 1. The average Bonchev–Trinajstić information content (AvgIpc) is 4.29. The molecule has 4 aliphatic rings. The van der Waals surface area contributed by atoms with Crippen molar-refractivity contribution in [2.45, 2.75) is 135 Å². The molecule has 9 rings (SSSR count). The Morgan fingerprint density at radius 3 is 2.48 bits per heavy atom. The van der Waals surface area contributed by atoms with Crippen LogP contribution in [0.25, 0.3) is 33.3 Å². The molecule has 3 aromatic carbocycles. The number of carbonyl (C=O) groups excluding carboxylic acids is 4. The van der Waals surface area contributed by atoms with Gasteiger partial charge in [-0.25, -0.2) is 5.43 Å². The van der Waals surface area contributed by atoms with Crippen molar-refractivity contribution < 1.29 is 43.6 Å². The summed E-state index contributed by atoms with van der Waals surface area (Å²) in [5.74, 6) is 4.25. The van der Waals surface area contributed by atoms with Crippen molar-refractivity contribution in [2.24, 2.45) is 11.3 Å². The molecule has 4 aliphatic heterocycles. The summed E-state index contributed by atoms with van der Waals surface area (Å²) < 4.78 is 20.5. The van der Waals surface area contributed by atoms with E-state index in [1.807, 2.05) is 45.0 Å². The van der Waals surface area contributed by atoms with Crippen molar-refractivity contribution in [3.63, 3.8) is 0 Å². The number of aryl methyl sites for hydroxylation is 1. The number of phenols is 1. The quantitative estimate of drug-likeness (QED) is 0.0518. The third-order valence-electron chi connectivity index (χ3n) is 16.2. The molecule has 0 unspecified atom stereocenters. The fraction of sp³-hybridized carbons (Fsp3) is 0.500. The number of phenolic OH excluding ortho intramolecular Hbond substituents is 1. The van der Waals surface area contributed by atoms with Gasteiger partial charge in [0.25, 0.3) is 11.8 Å². The van der Waals surface area contributed by atoms with Gasteiger partial charge in [-0.1, -0.05) is 63.8 Å². The zero-order valence-corrected chi connectivity index (χ0v) is 47.0. The predicted molar refractivity (Wildman–Crippen MR) is 303 cm³/mol. The van der Waals surface area contributed by atoms with Crippen molar-refractivity contribution in [2.75, 3.05) is 59.3 Å². The van der Waals surface area contributed by atoms with Crippen LogP contribution in [0.2, 0.25) is 0 Å². The second-order valence-electron chi connectivity index (χ2n) is 23.1. The molecule has 79 heavy (non-hydrogen) atoms. The van der Waals surface area contributed by atoms with Crippen molar-refractivity contribution >= 4 is 40.3 Å². The van der Waals surface area contributed by atoms with Crippen LogP contribution < -0.4 is 16.5 Å². The highest BCUT2D eigenvalue weighted by atomic mass is 16.5. The number of esters is 1. The Kier molecular flexibility index (Phi) is 17.5. The van der Waals surface area contributed by atoms with Gasteiger partial charge in [0, 0.05) is 98.6 Å². The van der Waals surface area contributed by atoms with E-state index in [-0.39, 0.29) is 55.3 Å². The number of cyclic esters (lactones) is 1. The number of piperidine rings is 1. The number of benzene rings is 3. The van der Waals surface area contributed by atoms with Crippen LogP contribution in [0.15, 0.2) is 72.9 Å². The number of aromatic hydroxyl groups is 1. The smallest absolute Gasteiger partial charge is 0.324 e. The average molecular weight is 1080 g/mol. The van der Waals surface area contributed by atoms with Gasteiger partial charge in [0.05, 0.1) is 36.7 Å². The molecular formula is C62H78N8O9. The normalized spacial score (nSPS) is 21.9. The number of hydrogen-bond donors (Lipinski definition) is 5. The molecule has 6 bridgehead atoms. The molecule has 6 N–H and O–H groups in total. The Labute approximate surface area is 464 Å². The highest BCUT2D eigenvalue weighted by Gasteiger charge is 2.42. The van der Waals surface area contributed by atoms with Gasteiger partial charge >= 0.3 is 5.97 Å². The summed E-state index contributed by atoms with van der Waals surface area (Å²) >= 11 is 0. The second kappa shape index (κ2) is 24.3. The van der Waals surface area contributed by atoms with Crippen LogP contribution >= 0.6 is 0 Å². The Hall–Kier alpha value is -6.81. The zero-order chi connectivity index (χ0) is 56.3. The first-order chi connectivity index (χ1) is 37.8. The number of rotatable bonds is 11. The zero-order valence-electron chi connectivity index (χ0n) is 47.0. The number of ether oxygens (including phenoxy) is 3. The standard InChI is InChI=1S/C62H78N8O9/c1-9-69-53-19-16-42-33-48(53)50(56(69)49-30-39(35-64-54(49)38(4)77-8)12-10-23-68-25-20-45(71)21-26-68)34-62(5,6)36-79-61(76)51-13-11-24-70(66-51)59(74)52(31-40-28-43(42)32-46(72)29-40)65-58(73)55(37(2)3)67(7)60(75)57-47(22-27-78-57)41-14-17-44(63)18-15-41/h14-19,28-30,32-33,35,37-38,45,47,51-52,55,57,66,71-72H,9,11,13,20-27,31,34,36,63H2,1-8H3,(H,65,73)/t38-,47+,51-,52-,55-,57+/m0/s1. The van der Waals surface area contributed by atoms with Crippen molar-refractivity contribution in [1.29, 1.82) is 0 Å². The number of fused-ring (bicyclic) bond motifs is 6. The van der Waals surface area contributed by atoms with Crippen LogP contribution in [0, 0.1) is 23.2 Å². The van der Waals surface area contributed by atoms with Crippen LogP contribution in [0.4, 0.5) is 5.69 Å². The molecule has 3 saturated heterocycles. The monoisotopic (exact) mass is 1080 g/mol. The summed E-state index contributed by atoms with van der Waals surface area (Å²) in [4.78, 5) is 67.1. The molecule has 6 atom stereocenters. The van der Waals surface area contributed by atoms with E-state index in [9.17, 15) is 29.4 Å². The fourth-order valence-electron chi connectivity index (χ4n) is 12.0. The van der Waals surface area contributed by atoms with Gasteiger partial charge in [0.15, 0.2) is 0 Å². The van der Waals surface area contributed by atoms with Gasteiger partial charge in [-0.15, -0.1) is 0 Å². The van der Waals surface area contributed by atoms with E-state index in [0.29, 0.717) is 62.2 Å². The third kappa shape index (κ3) is 12.6. The highest BCUT2D eigenvalue weighted by molar-refractivity contribution is 5.96. The van der Waals surface area contributed by atoms with Gasteiger partial charge in [-0.05, 0) is 129 Å². The lowest BCUT2D eigenvalue weighted by Gasteiger charge is -2.37. The van der Waals surface area contributed by atoms with Crippen molar-refractivity contribution in [1.82, 2.24) is 35.1 Å². The van der Waals surface area contributed by atoms with E-state index < -0.39 is 47.4 Å². The fourth-order valence-corrected chi connectivity index (χ4v) is 12.0. The Morgan fingerprint density at radius 1 is 1.00 bits per heavy atom. The maximum absolute atomic E-state index is 15.0. The summed E-state index contributed by atoms with van der Waals surface area (Å²) in [5.41, 5.74) is 17.5. The van der Waals surface area contributed by atoms with Gasteiger partial charge in [0.1, 0.15) is 30.0 Å². The van der Waals surface area contributed by atoms with E-state index in [1.165, 1.54) is 9.91 Å². The maximum Gasteiger partial charge on any atom is 0.324 e. The molecule has 6 heterocycles. The number of aliphatic hydroxyl groups is 1. The van der Waals surface area contributed by atoms with Gasteiger partial charge in [-0.2, -0.15) is 0 Å². The van der Waals surface area contributed by atoms with Gasteiger partial charge in [-0.3, -0.25) is 34.1 Å². The highest BCUT2D eigenvalue weighted by Crippen LogP contribution is 2.43. The topological polar surface area (TPSA) is 214 Å². The summed E-state index contributed by atoms with van der Waals surface area (Å²) in [6, 6.07) is 17.9. The van der Waals surface area contributed by atoms with Crippen LogP contribution in [0.1, 0.15) is 114 Å². The molecule has 3 fully saturated rings. The first kappa shape index (κ1) is 56.9. The molecule has 0 radical (unpaired) electrons. The number of hydrogen-bond acceptors (Lipinski definition) is 13. The first-order valence-corrected chi connectivity index (χ1v) is 28.0. The van der Waals surface area contributed by atoms with Gasteiger partial charge < -0.3 is 44.9 Å². The van der Waals surface area contributed by atoms with Gasteiger partial charge in [0.2, 0.25) is 5.91 Å². The number of amides is 3. The summed E-state index contributed by atoms with van der Waals surface area (Å²) in [7, 11) is 3.27. The Balaban J connectivity index is 1.10. The third-order valence-corrected chi connectivity index (χ3v) is 16.2. The van der Waals surface area contributed by atoms with Crippen LogP contribution in [-0.2, 0) is 52.8 Å². The van der Waals surface area contributed by atoms with Crippen LogP contribution in [0.5, 0.6) is 5.75 Å². The van der Waals surface area contributed by atoms with E-state index in [0.717, 1.165) is 76.0 Å². The number of methoxy groups -OCH3 is 1. The molecule has 420 valence electrons. The molecule has 0 saturated carbocycles. The Morgan fingerprint density at radius 2 is 1.76 bits per heavy atom. The first-order valence-electron chi connectivity index (χ1n) is 28.0. The number of nitrogens with two attached hydrogens (primary N) is 1. The Bertz CT molecular complexity index is 3120. The number of aliphatic hydroxyl groups excluding tert-OH is 1. The predicted octanol–water partition coefficient (Wildman–Crippen LogP) is 6.90. The molecule has 0 aliphatic carbocycles. The minimum absolute atomic E-state index is 0.0238. The number of carbonyl (C=O) groups is 4. The molecule has 0 spiro atoms. The van der Waals surface area contributed by atoms with Crippen LogP contribution in [0.3, 0.4) is 0 Å². The minimum atomic E-state index is -1.19. The second-order valence-corrected chi connectivity index (χ2v) is 23.1. The molecule has 17 nitrogen and oxygen atoms in total. The summed E-state index contributed by atoms with van der Waals surface area (Å²) in [6.07, 6.45) is 3.79. The number of pyridine rings is 1. The van der Waals surface area contributed by atoms with Crippen molar-refractivity contribution in [3.05, 3.63) is 101 Å². The van der Waals surface area contributed by atoms with Crippen LogP contribution in [-0.4, -0.2) is 142 Å². The number of nitrogens with one attached hydrogen (secondary N) is 2. The summed E-state index contributed by atoms with van der Waals surface area (Å²) in [6.45, 7) is 15.4.